The van der Waals surface area contributed by atoms with Crippen LogP contribution in [0, 0.1) is 15.9 Å². The summed E-state index contributed by atoms with van der Waals surface area (Å²) >= 11 is 0. The number of benzene rings is 3. The maximum atomic E-state index is 13.6. The lowest BCUT2D eigenvalue weighted by Gasteiger charge is -2.36. The van der Waals surface area contributed by atoms with E-state index in [-0.39, 0.29) is 0 Å². The number of hydrogen-bond donors (Lipinski definition) is 1. The highest BCUT2D eigenvalue weighted by molar-refractivity contribution is 5.91. The van der Waals surface area contributed by atoms with E-state index in [9.17, 15) is 14.5 Å². The normalized spacial score (nSPS) is 14.6. The Bertz CT molecular complexity index is 1330. The number of aromatic amines is 1. The number of H-pyrrole nitrogens is 1. The average molecular weight is 460 g/mol. The fourth-order valence-corrected chi connectivity index (χ4v) is 4.51. The zero-order chi connectivity index (χ0) is 23.7. The Labute approximate surface area is 197 Å². The number of aromatic nitrogens is 2. The summed E-state index contributed by atoms with van der Waals surface area (Å²) in [7, 11) is 0. The summed E-state index contributed by atoms with van der Waals surface area (Å²) in [4.78, 5) is 23.3. The van der Waals surface area contributed by atoms with Crippen molar-refractivity contribution in [2.24, 2.45) is 0 Å². The lowest BCUT2D eigenvalue weighted by atomic mass is 10.1. The number of nitro benzene ring substituents is 1. The van der Waals surface area contributed by atoms with Gasteiger partial charge in [0, 0.05) is 44.4 Å². The number of halogens is 1. The number of nitro groups is 1. The maximum absolute atomic E-state index is 13.6. The summed E-state index contributed by atoms with van der Waals surface area (Å²) in [5.74, 6) is 0.0629. The predicted octanol–water partition coefficient (Wildman–Crippen LogP) is 5.16. The summed E-state index contributed by atoms with van der Waals surface area (Å²) < 4.78 is 13.6. The summed E-state index contributed by atoms with van der Waals surface area (Å²) in [6, 6.07) is 18.8. The van der Waals surface area contributed by atoms with Crippen molar-refractivity contribution in [3.05, 3.63) is 87.7 Å². The molecule has 1 N–H and O–H groups in total. The molecule has 1 aromatic heterocycles. The first-order chi connectivity index (χ1) is 16.5. The molecule has 0 atom stereocenters. The molecule has 3 aromatic carbocycles. The summed E-state index contributed by atoms with van der Waals surface area (Å²) in [5, 5.41) is 11.0. The topological polar surface area (TPSA) is 78.3 Å². The van der Waals surface area contributed by atoms with E-state index in [0.29, 0.717) is 6.54 Å². The van der Waals surface area contributed by atoms with Crippen LogP contribution in [0.5, 0.6) is 0 Å². The van der Waals surface area contributed by atoms with E-state index < -0.39 is 16.4 Å². The highest BCUT2D eigenvalue weighted by atomic mass is 19.1. The van der Waals surface area contributed by atoms with Gasteiger partial charge in [0.2, 0.25) is 5.82 Å². The minimum absolute atomic E-state index is 0.471. The number of fused-ring (bicyclic) bond motifs is 1. The Morgan fingerprint density at radius 1 is 1.03 bits per heavy atom. The van der Waals surface area contributed by atoms with Crippen molar-refractivity contribution in [3.63, 3.8) is 0 Å². The average Bonchev–Trinajstić information content (AvgIpc) is 3.30. The first-order valence-electron chi connectivity index (χ1n) is 11.5. The third kappa shape index (κ3) is 4.36. The number of imidazole rings is 1. The number of piperazine rings is 1. The Morgan fingerprint density at radius 3 is 2.47 bits per heavy atom. The van der Waals surface area contributed by atoms with E-state index in [2.05, 4.69) is 52.0 Å². The summed E-state index contributed by atoms with van der Waals surface area (Å²) in [5.41, 5.74) is 5.71. The second-order valence-electron chi connectivity index (χ2n) is 8.62. The van der Waals surface area contributed by atoms with Gasteiger partial charge < -0.3 is 9.88 Å². The highest BCUT2D eigenvalue weighted by Crippen LogP contribution is 2.29. The van der Waals surface area contributed by atoms with Crippen LogP contribution in [0.1, 0.15) is 18.1 Å². The van der Waals surface area contributed by atoms with Crippen LogP contribution >= 0.6 is 0 Å². The molecule has 1 saturated heterocycles. The van der Waals surface area contributed by atoms with Crippen LogP contribution in [0.2, 0.25) is 0 Å². The fraction of sp³-hybridized carbons (Fsp3) is 0.269. The minimum atomic E-state index is -0.800. The quantitative estimate of drug-likeness (QED) is 0.318. The molecule has 0 radical (unpaired) electrons. The third-order valence-corrected chi connectivity index (χ3v) is 6.45. The van der Waals surface area contributed by atoms with Crippen molar-refractivity contribution in [2.75, 3.05) is 31.1 Å². The molecule has 0 unspecified atom stereocenters. The van der Waals surface area contributed by atoms with Crippen molar-refractivity contribution < 1.29 is 9.31 Å². The Balaban J connectivity index is 1.30. The number of nitrogens with one attached hydrogen (secondary N) is 1. The van der Waals surface area contributed by atoms with Crippen LogP contribution in [0.4, 0.5) is 15.8 Å². The van der Waals surface area contributed by atoms with E-state index in [4.69, 9.17) is 4.98 Å². The van der Waals surface area contributed by atoms with E-state index in [1.54, 1.807) is 6.07 Å². The summed E-state index contributed by atoms with van der Waals surface area (Å²) in [6.45, 7) is 5.94. The smallest absolute Gasteiger partial charge is 0.305 e. The molecule has 1 aliphatic rings. The van der Waals surface area contributed by atoms with E-state index in [0.717, 1.165) is 66.3 Å². The molecular formula is C26H26FN5O2. The van der Waals surface area contributed by atoms with Crippen molar-refractivity contribution in [3.8, 4) is 11.4 Å². The largest absolute Gasteiger partial charge is 0.367 e. The molecule has 0 aliphatic carbocycles. The number of para-hydroxylation sites is 1. The van der Waals surface area contributed by atoms with Crippen molar-refractivity contribution >= 4 is 22.4 Å². The SMILES string of the molecule is CCc1ccc(-c2nc3c(N4CCN(Cc5ccc(F)c([N+](=O)[O-])c5)CC4)cccc3[nH]2)cc1. The zero-order valence-electron chi connectivity index (χ0n) is 19.0. The number of rotatable bonds is 6. The second-order valence-corrected chi connectivity index (χ2v) is 8.62. The number of anilines is 1. The molecule has 8 heteroatoms. The van der Waals surface area contributed by atoms with Crippen LogP contribution in [0.15, 0.2) is 60.7 Å². The van der Waals surface area contributed by atoms with Crippen LogP contribution in [-0.2, 0) is 13.0 Å². The van der Waals surface area contributed by atoms with Crippen LogP contribution in [0.25, 0.3) is 22.4 Å². The monoisotopic (exact) mass is 459 g/mol. The van der Waals surface area contributed by atoms with E-state index in [1.165, 1.54) is 17.7 Å². The molecule has 4 aromatic rings. The molecule has 5 rings (SSSR count). The maximum Gasteiger partial charge on any atom is 0.305 e. The molecule has 174 valence electrons. The third-order valence-electron chi connectivity index (χ3n) is 6.45. The van der Waals surface area contributed by atoms with Gasteiger partial charge >= 0.3 is 5.69 Å². The number of nitrogens with zero attached hydrogens (tertiary/aromatic N) is 4. The van der Waals surface area contributed by atoms with E-state index in [1.807, 2.05) is 12.1 Å². The van der Waals surface area contributed by atoms with Crippen LogP contribution < -0.4 is 4.90 Å². The molecule has 7 nitrogen and oxygen atoms in total. The molecule has 0 saturated carbocycles. The fourth-order valence-electron chi connectivity index (χ4n) is 4.51. The van der Waals surface area contributed by atoms with Gasteiger partial charge in [0.15, 0.2) is 0 Å². The van der Waals surface area contributed by atoms with Gasteiger partial charge in [-0.2, -0.15) is 4.39 Å². The molecule has 1 fully saturated rings. The van der Waals surface area contributed by atoms with Gasteiger partial charge in [-0.15, -0.1) is 0 Å². The Kier molecular flexibility index (Phi) is 5.98. The zero-order valence-corrected chi connectivity index (χ0v) is 19.0. The first-order valence-corrected chi connectivity index (χ1v) is 11.5. The van der Waals surface area contributed by atoms with Gasteiger partial charge in [0.1, 0.15) is 11.3 Å². The van der Waals surface area contributed by atoms with Gasteiger partial charge in [0.25, 0.3) is 0 Å². The Morgan fingerprint density at radius 2 is 1.76 bits per heavy atom. The van der Waals surface area contributed by atoms with Gasteiger partial charge in [-0.25, -0.2) is 4.98 Å². The summed E-state index contributed by atoms with van der Waals surface area (Å²) in [6.07, 6.45) is 1.01. The molecule has 0 bridgehead atoms. The molecule has 34 heavy (non-hydrogen) atoms. The standard InChI is InChI=1S/C26H26FN5O2/c1-2-18-6-9-20(10-7-18)26-28-22-4-3-5-23(25(22)29-26)31-14-12-30(13-15-31)17-19-8-11-21(27)24(16-19)32(33)34/h3-11,16H,2,12-15,17H2,1H3,(H,28,29). The minimum Gasteiger partial charge on any atom is -0.367 e. The van der Waals surface area contributed by atoms with Crippen LogP contribution in [0.3, 0.4) is 0 Å². The number of hydrogen-bond acceptors (Lipinski definition) is 5. The molecular weight excluding hydrogens is 433 g/mol. The highest BCUT2D eigenvalue weighted by Gasteiger charge is 2.22. The first kappa shape index (κ1) is 22.0. The second kappa shape index (κ2) is 9.23. The van der Waals surface area contributed by atoms with Crippen molar-refractivity contribution in [1.29, 1.82) is 0 Å². The van der Waals surface area contributed by atoms with Crippen molar-refractivity contribution in [2.45, 2.75) is 19.9 Å². The lowest BCUT2D eigenvalue weighted by molar-refractivity contribution is -0.387. The van der Waals surface area contributed by atoms with Gasteiger partial charge in [0.05, 0.1) is 16.1 Å². The van der Waals surface area contributed by atoms with Gasteiger partial charge in [-0.1, -0.05) is 43.3 Å². The molecule has 1 aliphatic heterocycles. The van der Waals surface area contributed by atoms with E-state index >= 15 is 0 Å². The molecule has 0 spiro atoms. The van der Waals surface area contributed by atoms with Crippen LogP contribution in [-0.4, -0.2) is 46.0 Å². The predicted molar refractivity (Wildman–Crippen MR) is 131 cm³/mol. The molecule has 0 amide bonds. The lowest BCUT2D eigenvalue weighted by Crippen LogP contribution is -2.46. The van der Waals surface area contributed by atoms with Gasteiger partial charge in [-0.05, 0) is 35.7 Å². The van der Waals surface area contributed by atoms with Gasteiger partial charge in [-0.3, -0.25) is 15.0 Å². The molecule has 2 heterocycles. The Hall–Kier alpha value is -3.78. The van der Waals surface area contributed by atoms with Crippen molar-refractivity contribution in [1.82, 2.24) is 14.9 Å². The number of aryl methyl sites for hydroxylation is 1.